The number of hydrogen-bond acceptors (Lipinski definition) is 7. The average Bonchev–Trinajstić information content (AvgIpc) is 2.59. The summed E-state index contributed by atoms with van der Waals surface area (Å²) >= 11 is 0. The summed E-state index contributed by atoms with van der Waals surface area (Å²) in [6.45, 7) is 10.9. The molecular formula is C22H28N4O4. The van der Waals surface area contributed by atoms with Crippen LogP contribution < -0.4 is 9.47 Å². The lowest BCUT2D eigenvalue weighted by Crippen LogP contribution is -2.66. The molecule has 0 aromatic carbocycles. The minimum Gasteiger partial charge on any atom is -0.474 e. The highest BCUT2D eigenvalue weighted by Gasteiger charge is 2.55. The Kier molecular flexibility index (Phi) is 5.03. The predicted octanol–water partition coefficient (Wildman–Crippen LogP) is 4.06. The normalized spacial score (nSPS) is 17.8. The molecule has 30 heavy (non-hydrogen) atoms. The van der Waals surface area contributed by atoms with E-state index >= 15 is 0 Å². The van der Waals surface area contributed by atoms with Crippen molar-refractivity contribution >= 4 is 6.09 Å². The van der Waals surface area contributed by atoms with Gasteiger partial charge in [-0.1, -0.05) is 0 Å². The van der Waals surface area contributed by atoms with E-state index in [1.165, 1.54) is 6.33 Å². The molecule has 8 heteroatoms. The van der Waals surface area contributed by atoms with Gasteiger partial charge >= 0.3 is 6.09 Å². The lowest BCUT2D eigenvalue weighted by atomic mass is 9.62. The number of pyridine rings is 1. The number of aromatic nitrogens is 3. The molecule has 2 aromatic heterocycles. The first-order valence-corrected chi connectivity index (χ1v) is 10.2. The standard InChI is InChI=1S/C22H28N4O4/c1-14-18(24-13-25-19(14)29-17-7-6-8-23-15(17)2)28-16-9-22(10-16)11-26(12-22)20(27)30-21(3,4)5/h6-8,13,16H,9-12H2,1-5H3. The van der Waals surface area contributed by atoms with Crippen LogP contribution in [0.1, 0.15) is 44.9 Å². The Hall–Kier alpha value is -2.90. The third kappa shape index (κ3) is 4.17. The number of rotatable bonds is 4. The second-order valence-electron chi connectivity index (χ2n) is 9.28. The Morgan fingerprint density at radius 2 is 1.83 bits per heavy atom. The van der Waals surface area contributed by atoms with E-state index in [-0.39, 0.29) is 17.6 Å². The molecule has 1 aliphatic heterocycles. The first-order chi connectivity index (χ1) is 14.1. The molecule has 0 radical (unpaired) electrons. The minimum absolute atomic E-state index is 0.0763. The van der Waals surface area contributed by atoms with Crippen LogP contribution in [0.25, 0.3) is 0 Å². The van der Waals surface area contributed by atoms with Crippen LogP contribution in [-0.2, 0) is 4.74 Å². The second-order valence-corrected chi connectivity index (χ2v) is 9.28. The third-order valence-corrected chi connectivity index (χ3v) is 5.46. The van der Waals surface area contributed by atoms with Gasteiger partial charge in [-0.15, -0.1) is 0 Å². The molecule has 0 bridgehead atoms. The van der Waals surface area contributed by atoms with Gasteiger partial charge in [0.2, 0.25) is 11.8 Å². The Bertz CT molecular complexity index is 942. The van der Waals surface area contributed by atoms with Gasteiger partial charge in [-0.3, -0.25) is 4.98 Å². The molecule has 2 fully saturated rings. The van der Waals surface area contributed by atoms with Crippen LogP contribution in [0.15, 0.2) is 24.7 Å². The molecule has 2 aromatic rings. The average molecular weight is 412 g/mol. The Morgan fingerprint density at radius 1 is 1.13 bits per heavy atom. The van der Waals surface area contributed by atoms with Crippen LogP contribution in [0.4, 0.5) is 4.79 Å². The quantitative estimate of drug-likeness (QED) is 0.748. The first kappa shape index (κ1) is 20.4. The van der Waals surface area contributed by atoms with Crippen molar-refractivity contribution in [2.45, 2.75) is 59.2 Å². The van der Waals surface area contributed by atoms with Crippen LogP contribution in [0.5, 0.6) is 17.5 Å². The van der Waals surface area contributed by atoms with Crippen molar-refractivity contribution < 1.29 is 19.0 Å². The van der Waals surface area contributed by atoms with Gasteiger partial charge in [-0.05, 0) is 59.6 Å². The SMILES string of the molecule is Cc1ncccc1Oc1ncnc(OC2CC3(C2)CN(C(=O)OC(C)(C)C)C3)c1C. The fraction of sp³-hybridized carbons (Fsp3) is 0.545. The summed E-state index contributed by atoms with van der Waals surface area (Å²) in [5.74, 6) is 1.65. The molecule has 3 heterocycles. The molecule has 2 aliphatic rings. The fourth-order valence-corrected chi connectivity index (χ4v) is 3.95. The van der Waals surface area contributed by atoms with Crippen LogP contribution in [0, 0.1) is 19.3 Å². The van der Waals surface area contributed by atoms with E-state index in [0.29, 0.717) is 17.5 Å². The highest BCUT2D eigenvalue weighted by atomic mass is 16.6. The summed E-state index contributed by atoms with van der Waals surface area (Å²) in [6.07, 6.45) is 4.80. The zero-order valence-corrected chi connectivity index (χ0v) is 18.1. The minimum atomic E-state index is -0.468. The highest BCUT2D eigenvalue weighted by Crippen LogP contribution is 2.50. The van der Waals surface area contributed by atoms with Crippen molar-refractivity contribution in [3.63, 3.8) is 0 Å². The van der Waals surface area contributed by atoms with Gasteiger partial charge in [-0.25, -0.2) is 14.8 Å². The summed E-state index contributed by atoms with van der Waals surface area (Å²) in [7, 11) is 0. The largest absolute Gasteiger partial charge is 0.474 e. The Morgan fingerprint density at radius 3 is 2.50 bits per heavy atom. The molecule has 1 amide bonds. The van der Waals surface area contributed by atoms with Gasteiger partial charge in [0.25, 0.3) is 0 Å². The van der Waals surface area contributed by atoms with E-state index in [9.17, 15) is 4.79 Å². The van der Waals surface area contributed by atoms with Crippen molar-refractivity contribution in [3.8, 4) is 17.5 Å². The van der Waals surface area contributed by atoms with Crippen molar-refractivity contribution in [2.75, 3.05) is 13.1 Å². The summed E-state index contributed by atoms with van der Waals surface area (Å²) < 4.78 is 17.5. The maximum Gasteiger partial charge on any atom is 0.410 e. The van der Waals surface area contributed by atoms with Gasteiger partial charge in [0.1, 0.15) is 18.0 Å². The molecule has 1 spiro atoms. The fourth-order valence-electron chi connectivity index (χ4n) is 3.95. The third-order valence-electron chi connectivity index (χ3n) is 5.46. The van der Waals surface area contributed by atoms with E-state index in [0.717, 1.165) is 37.2 Å². The molecule has 0 atom stereocenters. The predicted molar refractivity (Wildman–Crippen MR) is 110 cm³/mol. The maximum atomic E-state index is 12.1. The van der Waals surface area contributed by atoms with Gasteiger partial charge in [0.05, 0.1) is 11.3 Å². The van der Waals surface area contributed by atoms with Crippen molar-refractivity contribution in [1.29, 1.82) is 0 Å². The summed E-state index contributed by atoms with van der Waals surface area (Å²) in [6, 6.07) is 3.68. The molecule has 8 nitrogen and oxygen atoms in total. The molecule has 1 saturated carbocycles. The monoisotopic (exact) mass is 412 g/mol. The molecular weight excluding hydrogens is 384 g/mol. The first-order valence-electron chi connectivity index (χ1n) is 10.2. The van der Waals surface area contributed by atoms with Crippen LogP contribution in [-0.4, -0.2) is 50.7 Å². The number of likely N-dealkylation sites (tertiary alicyclic amines) is 1. The zero-order valence-electron chi connectivity index (χ0n) is 18.1. The smallest absolute Gasteiger partial charge is 0.410 e. The maximum absolute atomic E-state index is 12.1. The van der Waals surface area contributed by atoms with Crippen molar-refractivity contribution in [1.82, 2.24) is 19.9 Å². The van der Waals surface area contributed by atoms with E-state index in [1.807, 2.05) is 46.8 Å². The van der Waals surface area contributed by atoms with Gasteiger partial charge in [0, 0.05) is 24.7 Å². The lowest BCUT2D eigenvalue weighted by Gasteiger charge is -2.57. The molecule has 0 unspecified atom stereocenters. The van der Waals surface area contributed by atoms with Crippen LogP contribution in [0.2, 0.25) is 0 Å². The molecule has 1 aliphatic carbocycles. The number of amides is 1. The summed E-state index contributed by atoms with van der Waals surface area (Å²) in [5, 5.41) is 0. The van der Waals surface area contributed by atoms with Gasteiger partial charge in [-0.2, -0.15) is 0 Å². The summed E-state index contributed by atoms with van der Waals surface area (Å²) in [5.41, 5.74) is 1.22. The lowest BCUT2D eigenvalue weighted by molar-refractivity contribution is -0.117. The van der Waals surface area contributed by atoms with E-state index in [2.05, 4.69) is 15.0 Å². The molecule has 0 N–H and O–H groups in total. The molecule has 4 rings (SSSR count). The van der Waals surface area contributed by atoms with Gasteiger partial charge < -0.3 is 19.1 Å². The second kappa shape index (κ2) is 7.41. The molecule has 1 saturated heterocycles. The highest BCUT2D eigenvalue weighted by molar-refractivity contribution is 5.69. The topological polar surface area (TPSA) is 86.7 Å². The number of aryl methyl sites for hydroxylation is 1. The van der Waals surface area contributed by atoms with Crippen molar-refractivity contribution in [2.24, 2.45) is 5.41 Å². The number of carbonyl (C=O) groups is 1. The van der Waals surface area contributed by atoms with Gasteiger partial charge in [0.15, 0.2) is 5.75 Å². The van der Waals surface area contributed by atoms with E-state index in [1.54, 1.807) is 11.1 Å². The molecule has 160 valence electrons. The van der Waals surface area contributed by atoms with Crippen molar-refractivity contribution in [3.05, 3.63) is 35.9 Å². The number of carbonyl (C=O) groups excluding carboxylic acids is 1. The van der Waals surface area contributed by atoms with E-state index < -0.39 is 5.60 Å². The van der Waals surface area contributed by atoms with E-state index in [4.69, 9.17) is 14.2 Å². The Labute approximate surface area is 176 Å². The van der Waals surface area contributed by atoms with Crippen LogP contribution in [0.3, 0.4) is 0 Å². The number of hydrogen-bond donors (Lipinski definition) is 0. The number of nitrogens with zero attached hydrogens (tertiary/aromatic N) is 4. The zero-order chi connectivity index (χ0) is 21.5. The van der Waals surface area contributed by atoms with Crippen LogP contribution >= 0.6 is 0 Å². The Balaban J connectivity index is 1.32. The summed E-state index contributed by atoms with van der Waals surface area (Å²) in [4.78, 5) is 26.7. The number of ether oxygens (including phenoxy) is 3.